The van der Waals surface area contributed by atoms with Gasteiger partial charge in [0.2, 0.25) is 0 Å². The molecule has 1 N–H and O–H groups in total. The molecule has 1 saturated carbocycles. The zero-order valence-electron chi connectivity index (χ0n) is 12.7. The average Bonchev–Trinajstić information content (AvgIpc) is 3.05. The summed E-state index contributed by atoms with van der Waals surface area (Å²) in [5.41, 5.74) is 1.32. The SMILES string of the molecule is CC(C)CNCc1ccnc(N(C)CC2CC2C)c1. The molecule has 1 aliphatic carbocycles. The Labute approximate surface area is 117 Å². The smallest absolute Gasteiger partial charge is 0.128 e. The highest BCUT2D eigenvalue weighted by atomic mass is 15.2. The molecule has 2 atom stereocenters. The average molecular weight is 261 g/mol. The first-order valence-electron chi connectivity index (χ1n) is 7.43. The molecule has 3 nitrogen and oxygen atoms in total. The second kappa shape index (κ2) is 6.38. The summed E-state index contributed by atoms with van der Waals surface area (Å²) in [7, 11) is 2.15. The van der Waals surface area contributed by atoms with Gasteiger partial charge in [0.1, 0.15) is 5.82 Å². The lowest BCUT2D eigenvalue weighted by Crippen LogP contribution is -2.22. The van der Waals surface area contributed by atoms with Crippen molar-refractivity contribution in [3.63, 3.8) is 0 Å². The first-order valence-corrected chi connectivity index (χ1v) is 7.43. The second-order valence-electron chi connectivity index (χ2n) is 6.40. The number of aromatic nitrogens is 1. The van der Waals surface area contributed by atoms with Gasteiger partial charge in [-0.1, -0.05) is 20.8 Å². The van der Waals surface area contributed by atoms with Crippen molar-refractivity contribution in [3.8, 4) is 0 Å². The predicted octanol–water partition coefficient (Wildman–Crippen LogP) is 2.92. The third kappa shape index (κ3) is 4.50. The Morgan fingerprint density at radius 2 is 2.21 bits per heavy atom. The van der Waals surface area contributed by atoms with E-state index in [0.29, 0.717) is 5.92 Å². The lowest BCUT2D eigenvalue weighted by molar-refractivity contribution is 0.552. The van der Waals surface area contributed by atoms with Crippen molar-refractivity contribution in [3.05, 3.63) is 23.9 Å². The van der Waals surface area contributed by atoms with Crippen LogP contribution in [-0.2, 0) is 6.54 Å². The van der Waals surface area contributed by atoms with Gasteiger partial charge in [0.25, 0.3) is 0 Å². The molecule has 0 amide bonds. The minimum Gasteiger partial charge on any atom is -0.359 e. The lowest BCUT2D eigenvalue weighted by atomic mass is 10.2. The zero-order chi connectivity index (χ0) is 13.8. The monoisotopic (exact) mass is 261 g/mol. The van der Waals surface area contributed by atoms with Gasteiger partial charge in [-0.15, -0.1) is 0 Å². The summed E-state index contributed by atoms with van der Waals surface area (Å²) in [6, 6.07) is 4.31. The van der Waals surface area contributed by atoms with E-state index in [2.05, 4.69) is 55.2 Å². The molecule has 0 radical (unpaired) electrons. The molecule has 1 aliphatic rings. The van der Waals surface area contributed by atoms with E-state index in [1.807, 2.05) is 6.20 Å². The van der Waals surface area contributed by atoms with Gasteiger partial charge in [-0.2, -0.15) is 0 Å². The Balaban J connectivity index is 1.86. The number of nitrogens with zero attached hydrogens (tertiary/aromatic N) is 2. The standard InChI is InChI=1S/C16H27N3/c1-12(2)9-17-10-14-5-6-18-16(8-14)19(4)11-15-7-13(15)3/h5-6,8,12-13,15,17H,7,9-11H2,1-4H3. The summed E-state index contributed by atoms with van der Waals surface area (Å²) < 4.78 is 0. The summed E-state index contributed by atoms with van der Waals surface area (Å²) in [5.74, 6) is 3.57. The van der Waals surface area contributed by atoms with Gasteiger partial charge in [-0.25, -0.2) is 4.98 Å². The second-order valence-corrected chi connectivity index (χ2v) is 6.40. The third-order valence-corrected chi connectivity index (χ3v) is 3.87. The third-order valence-electron chi connectivity index (χ3n) is 3.87. The Morgan fingerprint density at radius 1 is 1.47 bits per heavy atom. The van der Waals surface area contributed by atoms with Gasteiger partial charge in [0.15, 0.2) is 0 Å². The number of hydrogen-bond donors (Lipinski definition) is 1. The van der Waals surface area contributed by atoms with Crippen molar-refractivity contribution < 1.29 is 0 Å². The van der Waals surface area contributed by atoms with Crippen molar-refractivity contribution in [1.29, 1.82) is 0 Å². The van der Waals surface area contributed by atoms with Crippen LogP contribution < -0.4 is 10.2 Å². The summed E-state index contributed by atoms with van der Waals surface area (Å²) in [6.07, 6.45) is 3.30. The van der Waals surface area contributed by atoms with Crippen molar-refractivity contribution >= 4 is 5.82 Å². The van der Waals surface area contributed by atoms with Crippen LogP contribution in [-0.4, -0.2) is 25.1 Å². The van der Waals surface area contributed by atoms with Crippen molar-refractivity contribution in [2.45, 2.75) is 33.7 Å². The Bertz CT molecular complexity index is 403. The summed E-state index contributed by atoms with van der Waals surface area (Å²) in [6.45, 7) is 9.93. The molecule has 1 aromatic heterocycles. The molecule has 2 rings (SSSR count). The van der Waals surface area contributed by atoms with Gasteiger partial charge in [-0.3, -0.25) is 0 Å². The Kier molecular flexibility index (Phi) is 4.81. The van der Waals surface area contributed by atoms with E-state index in [4.69, 9.17) is 0 Å². The molecule has 0 saturated heterocycles. The van der Waals surface area contributed by atoms with Crippen LogP contribution >= 0.6 is 0 Å². The molecule has 1 aromatic rings. The van der Waals surface area contributed by atoms with E-state index in [1.54, 1.807) is 0 Å². The maximum atomic E-state index is 4.49. The molecule has 19 heavy (non-hydrogen) atoms. The van der Waals surface area contributed by atoms with Gasteiger partial charge in [0.05, 0.1) is 0 Å². The molecule has 3 heteroatoms. The minimum atomic E-state index is 0.695. The van der Waals surface area contributed by atoms with Crippen LogP contribution in [0.4, 0.5) is 5.82 Å². The highest BCUT2D eigenvalue weighted by Crippen LogP contribution is 2.38. The fourth-order valence-electron chi connectivity index (χ4n) is 2.38. The maximum absolute atomic E-state index is 4.49. The molecular weight excluding hydrogens is 234 g/mol. The van der Waals surface area contributed by atoms with Crippen LogP contribution in [0.5, 0.6) is 0 Å². The summed E-state index contributed by atoms with van der Waals surface area (Å²) >= 11 is 0. The topological polar surface area (TPSA) is 28.2 Å². The van der Waals surface area contributed by atoms with Crippen LogP contribution in [0.2, 0.25) is 0 Å². The van der Waals surface area contributed by atoms with E-state index >= 15 is 0 Å². The largest absolute Gasteiger partial charge is 0.359 e. The molecule has 0 spiro atoms. The number of nitrogens with one attached hydrogen (secondary N) is 1. The van der Waals surface area contributed by atoms with Gasteiger partial charge in [0, 0.05) is 26.3 Å². The zero-order valence-corrected chi connectivity index (χ0v) is 12.7. The van der Waals surface area contributed by atoms with Gasteiger partial charge in [-0.05, 0) is 48.4 Å². The van der Waals surface area contributed by atoms with Gasteiger partial charge < -0.3 is 10.2 Å². The molecule has 0 aliphatic heterocycles. The molecular formula is C16H27N3. The first-order chi connectivity index (χ1) is 9.06. The van der Waals surface area contributed by atoms with E-state index in [1.165, 1.54) is 12.0 Å². The van der Waals surface area contributed by atoms with E-state index < -0.39 is 0 Å². The van der Waals surface area contributed by atoms with Crippen molar-refractivity contribution in [2.24, 2.45) is 17.8 Å². The minimum absolute atomic E-state index is 0.695. The Morgan fingerprint density at radius 3 is 2.84 bits per heavy atom. The van der Waals surface area contributed by atoms with Crippen molar-refractivity contribution in [2.75, 3.05) is 25.0 Å². The van der Waals surface area contributed by atoms with Crippen LogP contribution in [0.15, 0.2) is 18.3 Å². The van der Waals surface area contributed by atoms with E-state index in [9.17, 15) is 0 Å². The van der Waals surface area contributed by atoms with Crippen LogP contribution in [0.25, 0.3) is 0 Å². The normalized spacial score (nSPS) is 21.7. The van der Waals surface area contributed by atoms with E-state index in [-0.39, 0.29) is 0 Å². The molecule has 0 bridgehead atoms. The number of anilines is 1. The highest BCUT2D eigenvalue weighted by molar-refractivity contribution is 5.40. The lowest BCUT2D eigenvalue weighted by Gasteiger charge is -2.19. The highest BCUT2D eigenvalue weighted by Gasteiger charge is 2.33. The number of rotatable bonds is 7. The molecule has 2 unspecified atom stereocenters. The first kappa shape index (κ1) is 14.3. The number of pyridine rings is 1. The van der Waals surface area contributed by atoms with Crippen LogP contribution in [0.1, 0.15) is 32.8 Å². The quantitative estimate of drug-likeness (QED) is 0.818. The predicted molar refractivity (Wildman–Crippen MR) is 81.3 cm³/mol. The fourth-order valence-corrected chi connectivity index (χ4v) is 2.38. The number of hydrogen-bond acceptors (Lipinski definition) is 3. The van der Waals surface area contributed by atoms with Crippen LogP contribution in [0.3, 0.4) is 0 Å². The van der Waals surface area contributed by atoms with Crippen LogP contribution in [0, 0.1) is 17.8 Å². The summed E-state index contributed by atoms with van der Waals surface area (Å²) in [5, 5.41) is 3.48. The maximum Gasteiger partial charge on any atom is 0.128 e. The van der Waals surface area contributed by atoms with E-state index in [0.717, 1.165) is 37.3 Å². The molecule has 1 heterocycles. The molecule has 0 aromatic carbocycles. The van der Waals surface area contributed by atoms with Gasteiger partial charge >= 0.3 is 0 Å². The summed E-state index contributed by atoms with van der Waals surface area (Å²) in [4.78, 5) is 6.78. The van der Waals surface area contributed by atoms with Crippen molar-refractivity contribution in [1.82, 2.24) is 10.3 Å². The molecule has 106 valence electrons. The Hall–Kier alpha value is -1.09. The molecule has 1 fully saturated rings. The fraction of sp³-hybridized carbons (Fsp3) is 0.688.